The van der Waals surface area contributed by atoms with E-state index in [0.29, 0.717) is 15.8 Å². The van der Waals surface area contributed by atoms with Crippen molar-refractivity contribution in [1.82, 2.24) is 0 Å². The zero-order valence-electron chi connectivity index (χ0n) is 12.5. The summed E-state index contributed by atoms with van der Waals surface area (Å²) in [5, 5.41) is 0. The minimum atomic E-state index is 0.457. The number of hydrogen-bond donors (Lipinski definition) is 0. The molecule has 0 heterocycles. The van der Waals surface area contributed by atoms with Crippen LogP contribution in [0.25, 0.3) is 0 Å². The van der Waals surface area contributed by atoms with Crippen molar-refractivity contribution < 1.29 is 0 Å². The first kappa shape index (κ1) is 14.3. The summed E-state index contributed by atoms with van der Waals surface area (Å²) in [5.41, 5.74) is 5.85. The predicted octanol–water partition coefficient (Wildman–Crippen LogP) is 5.79. The lowest BCUT2D eigenvalue weighted by molar-refractivity contribution is 0.760. The summed E-state index contributed by atoms with van der Waals surface area (Å²) >= 11 is 2.60. The molecular formula is C21H19I. The van der Waals surface area contributed by atoms with E-state index >= 15 is 0 Å². The molecule has 0 aliphatic heterocycles. The van der Waals surface area contributed by atoms with Crippen LogP contribution in [-0.4, -0.2) is 3.92 Å². The normalized spacial score (nSPS) is 29.9. The van der Waals surface area contributed by atoms with Gasteiger partial charge in [0.15, 0.2) is 0 Å². The molecule has 0 aromatic rings. The highest BCUT2D eigenvalue weighted by molar-refractivity contribution is 14.1. The second-order valence-electron chi connectivity index (χ2n) is 6.23. The molecule has 0 bridgehead atoms. The van der Waals surface area contributed by atoms with Gasteiger partial charge in [-0.15, -0.1) is 0 Å². The monoisotopic (exact) mass is 398 g/mol. The Morgan fingerprint density at radius 1 is 0.773 bits per heavy atom. The summed E-state index contributed by atoms with van der Waals surface area (Å²) in [4.78, 5) is 0. The van der Waals surface area contributed by atoms with E-state index < -0.39 is 0 Å². The van der Waals surface area contributed by atoms with Crippen LogP contribution in [0, 0.1) is 11.8 Å². The van der Waals surface area contributed by atoms with E-state index in [0.717, 1.165) is 12.8 Å². The Bertz CT molecular complexity index is 657. The topological polar surface area (TPSA) is 0 Å². The molecule has 110 valence electrons. The molecule has 1 heteroatoms. The number of hydrogen-bond acceptors (Lipinski definition) is 0. The Morgan fingerprint density at radius 2 is 1.27 bits per heavy atom. The van der Waals surface area contributed by atoms with Gasteiger partial charge < -0.3 is 0 Å². The molecule has 0 amide bonds. The van der Waals surface area contributed by atoms with Crippen LogP contribution in [0.1, 0.15) is 12.8 Å². The van der Waals surface area contributed by atoms with Crippen LogP contribution in [-0.2, 0) is 0 Å². The van der Waals surface area contributed by atoms with E-state index in [1.807, 2.05) is 0 Å². The highest BCUT2D eigenvalue weighted by Gasteiger charge is 2.23. The van der Waals surface area contributed by atoms with Gasteiger partial charge in [-0.05, 0) is 35.1 Å². The van der Waals surface area contributed by atoms with Crippen molar-refractivity contribution in [2.75, 3.05) is 0 Å². The van der Waals surface area contributed by atoms with Gasteiger partial charge in [-0.25, -0.2) is 0 Å². The fraction of sp³-hybridized carbons (Fsp3) is 0.238. The van der Waals surface area contributed by atoms with Crippen molar-refractivity contribution in [1.29, 1.82) is 0 Å². The summed E-state index contributed by atoms with van der Waals surface area (Å²) in [5.74, 6) is 1.18. The summed E-state index contributed by atoms with van der Waals surface area (Å²) in [6, 6.07) is 0. The van der Waals surface area contributed by atoms with Gasteiger partial charge in [-0.1, -0.05) is 95.5 Å². The van der Waals surface area contributed by atoms with Gasteiger partial charge in [0.1, 0.15) is 0 Å². The maximum absolute atomic E-state index is 2.60. The molecule has 4 aliphatic rings. The number of halogens is 1. The van der Waals surface area contributed by atoms with E-state index in [-0.39, 0.29) is 0 Å². The zero-order valence-corrected chi connectivity index (χ0v) is 14.6. The predicted molar refractivity (Wildman–Crippen MR) is 103 cm³/mol. The lowest BCUT2D eigenvalue weighted by Gasteiger charge is -2.27. The average molecular weight is 398 g/mol. The maximum atomic E-state index is 2.60. The number of rotatable bonds is 2. The largest absolute Gasteiger partial charge is 0.0790 e. The third-order valence-electron chi connectivity index (χ3n) is 4.81. The van der Waals surface area contributed by atoms with Gasteiger partial charge in [0.2, 0.25) is 0 Å². The average Bonchev–Trinajstić information content (AvgIpc) is 2.60. The van der Waals surface area contributed by atoms with Crippen LogP contribution in [0.5, 0.6) is 0 Å². The second-order valence-corrected chi connectivity index (χ2v) is 7.48. The van der Waals surface area contributed by atoms with Crippen molar-refractivity contribution in [3.8, 4) is 0 Å². The first-order valence-electron chi connectivity index (χ1n) is 7.98. The summed E-state index contributed by atoms with van der Waals surface area (Å²) < 4.78 is 0.457. The van der Waals surface area contributed by atoms with Crippen molar-refractivity contribution >= 4 is 22.6 Å². The fourth-order valence-electron chi connectivity index (χ4n) is 3.51. The quantitative estimate of drug-likeness (QED) is 0.408. The van der Waals surface area contributed by atoms with E-state index in [2.05, 4.69) is 95.5 Å². The molecule has 22 heavy (non-hydrogen) atoms. The van der Waals surface area contributed by atoms with Gasteiger partial charge in [-0.2, -0.15) is 0 Å². The Labute approximate surface area is 146 Å². The summed E-state index contributed by atoms with van der Waals surface area (Å²) in [6.07, 6.45) is 29.7. The number of fused-ring (bicyclic) bond motifs is 2. The summed E-state index contributed by atoms with van der Waals surface area (Å²) in [7, 11) is 0. The minimum Gasteiger partial charge on any atom is -0.0790 e. The van der Waals surface area contributed by atoms with E-state index in [4.69, 9.17) is 0 Å². The highest BCUT2D eigenvalue weighted by atomic mass is 127. The van der Waals surface area contributed by atoms with E-state index in [9.17, 15) is 0 Å². The third kappa shape index (κ3) is 2.67. The molecule has 0 nitrogen and oxygen atoms in total. The molecule has 0 fully saturated rings. The Kier molecular flexibility index (Phi) is 3.91. The van der Waals surface area contributed by atoms with Crippen molar-refractivity contribution in [3.63, 3.8) is 0 Å². The molecule has 2 unspecified atom stereocenters. The standard InChI is InChI=1S/C21H19I/c22-21(19-11-9-15-5-1-3-7-17(15)13-19)20-12-10-16-6-2-4-8-18(16)14-20/h1-8,11-16,21H,9-10H2. The molecule has 0 N–H and O–H groups in total. The van der Waals surface area contributed by atoms with Gasteiger partial charge in [0.25, 0.3) is 0 Å². The lowest BCUT2D eigenvalue weighted by Crippen LogP contribution is -2.14. The zero-order chi connectivity index (χ0) is 14.9. The first-order chi connectivity index (χ1) is 10.8. The maximum Gasteiger partial charge on any atom is 0.0602 e. The molecule has 4 rings (SSSR count). The van der Waals surface area contributed by atoms with Crippen molar-refractivity contribution in [2.24, 2.45) is 11.8 Å². The SMILES string of the molecule is IC(C1=CCC2C=CC=CC2=C1)C1=CCC2C=CC=CC2=C1. The highest BCUT2D eigenvalue weighted by Crippen LogP contribution is 2.37. The van der Waals surface area contributed by atoms with Gasteiger partial charge in [0.05, 0.1) is 3.92 Å². The van der Waals surface area contributed by atoms with Crippen LogP contribution in [0.3, 0.4) is 0 Å². The molecule has 0 aromatic heterocycles. The molecule has 0 spiro atoms. The van der Waals surface area contributed by atoms with Crippen LogP contribution < -0.4 is 0 Å². The fourth-order valence-corrected chi connectivity index (χ4v) is 4.38. The van der Waals surface area contributed by atoms with Crippen LogP contribution in [0.4, 0.5) is 0 Å². The molecule has 0 radical (unpaired) electrons. The molecule has 0 saturated heterocycles. The Hall–Kier alpha value is -1.35. The van der Waals surface area contributed by atoms with Gasteiger partial charge in [0, 0.05) is 11.8 Å². The molecule has 0 saturated carbocycles. The van der Waals surface area contributed by atoms with E-state index in [1.54, 1.807) is 0 Å². The van der Waals surface area contributed by atoms with Crippen LogP contribution >= 0.6 is 22.6 Å². The van der Waals surface area contributed by atoms with E-state index in [1.165, 1.54) is 22.3 Å². The number of allylic oxidation sites excluding steroid dienone is 16. The Balaban J connectivity index is 1.57. The third-order valence-corrected chi connectivity index (χ3v) is 6.25. The van der Waals surface area contributed by atoms with Crippen LogP contribution in [0.15, 0.2) is 95.2 Å². The minimum absolute atomic E-state index is 0.457. The summed E-state index contributed by atoms with van der Waals surface area (Å²) in [6.45, 7) is 0. The molecule has 2 atom stereocenters. The molecule has 4 aliphatic carbocycles. The molecular weight excluding hydrogens is 379 g/mol. The van der Waals surface area contributed by atoms with Crippen molar-refractivity contribution in [2.45, 2.75) is 16.8 Å². The lowest BCUT2D eigenvalue weighted by atomic mass is 9.81. The number of alkyl halides is 1. The first-order valence-corrected chi connectivity index (χ1v) is 9.23. The van der Waals surface area contributed by atoms with Gasteiger partial charge in [-0.3, -0.25) is 0 Å². The Morgan fingerprint density at radius 3 is 1.77 bits per heavy atom. The molecule has 0 aromatic carbocycles. The van der Waals surface area contributed by atoms with Crippen molar-refractivity contribution in [3.05, 3.63) is 95.2 Å². The van der Waals surface area contributed by atoms with Gasteiger partial charge >= 0.3 is 0 Å². The second kappa shape index (κ2) is 6.04. The smallest absolute Gasteiger partial charge is 0.0602 e. The van der Waals surface area contributed by atoms with Crippen LogP contribution in [0.2, 0.25) is 0 Å².